The van der Waals surface area contributed by atoms with Gasteiger partial charge in [-0.1, -0.05) is 0 Å². The lowest BCUT2D eigenvalue weighted by atomic mass is 10.2. The molecule has 17 heavy (non-hydrogen) atoms. The fourth-order valence-corrected chi connectivity index (χ4v) is 1.90. The summed E-state index contributed by atoms with van der Waals surface area (Å²) in [6.45, 7) is 0.859. The summed E-state index contributed by atoms with van der Waals surface area (Å²) in [6, 6.07) is 4.01. The highest BCUT2D eigenvalue weighted by molar-refractivity contribution is 5.94. The summed E-state index contributed by atoms with van der Waals surface area (Å²) in [5, 5.41) is 9.36. The van der Waals surface area contributed by atoms with Crippen LogP contribution in [0.15, 0.2) is 18.2 Å². The smallest absolute Gasteiger partial charge is 0.254 e. The number of likely N-dealkylation sites (tertiary alicyclic amines) is 1. The summed E-state index contributed by atoms with van der Waals surface area (Å²) < 4.78 is 18.0. The first-order valence-corrected chi connectivity index (χ1v) is 5.42. The van der Waals surface area contributed by atoms with E-state index in [2.05, 4.69) is 0 Å². The van der Waals surface area contributed by atoms with E-state index in [9.17, 15) is 14.3 Å². The van der Waals surface area contributed by atoms with E-state index in [1.54, 1.807) is 4.90 Å². The Morgan fingerprint density at radius 3 is 2.94 bits per heavy atom. The number of aliphatic hydroxyl groups is 1. The van der Waals surface area contributed by atoms with Gasteiger partial charge in [0.25, 0.3) is 5.91 Å². The molecule has 2 rings (SSSR count). The molecule has 0 unspecified atom stereocenters. The van der Waals surface area contributed by atoms with E-state index < -0.39 is 11.9 Å². The van der Waals surface area contributed by atoms with Gasteiger partial charge in [0, 0.05) is 18.7 Å². The monoisotopic (exact) mass is 239 g/mol. The number of methoxy groups -OCH3 is 1. The molecular formula is C12H14FNO3. The van der Waals surface area contributed by atoms with E-state index in [4.69, 9.17) is 4.74 Å². The maximum absolute atomic E-state index is 13.2. The lowest BCUT2D eigenvalue weighted by molar-refractivity contribution is 0.0764. The Morgan fingerprint density at radius 1 is 1.59 bits per heavy atom. The van der Waals surface area contributed by atoms with E-state index >= 15 is 0 Å². The fraction of sp³-hybridized carbons (Fsp3) is 0.417. The molecule has 0 aromatic heterocycles. The molecule has 1 atom stereocenters. The Labute approximate surface area is 98.6 Å². The average Bonchev–Trinajstić information content (AvgIpc) is 2.75. The Morgan fingerprint density at radius 2 is 2.35 bits per heavy atom. The fourth-order valence-electron chi connectivity index (χ4n) is 1.90. The third kappa shape index (κ3) is 2.39. The van der Waals surface area contributed by atoms with Crippen LogP contribution in [0.3, 0.4) is 0 Å². The highest BCUT2D eigenvalue weighted by Gasteiger charge is 2.25. The topological polar surface area (TPSA) is 49.8 Å². The number of amides is 1. The van der Waals surface area contributed by atoms with Crippen LogP contribution >= 0.6 is 0 Å². The largest absolute Gasteiger partial charge is 0.494 e. The molecule has 0 radical (unpaired) electrons. The van der Waals surface area contributed by atoms with E-state index in [0.717, 1.165) is 0 Å². The Kier molecular flexibility index (Phi) is 3.28. The Hall–Kier alpha value is -1.62. The normalized spacial score (nSPS) is 19.5. The van der Waals surface area contributed by atoms with Crippen LogP contribution in [0.5, 0.6) is 5.75 Å². The first-order chi connectivity index (χ1) is 8.11. The zero-order chi connectivity index (χ0) is 12.4. The molecule has 1 aromatic rings. The molecule has 1 saturated heterocycles. The maximum atomic E-state index is 13.2. The predicted molar refractivity (Wildman–Crippen MR) is 59.5 cm³/mol. The highest BCUT2D eigenvalue weighted by atomic mass is 19.1. The minimum atomic E-state index is -0.495. The van der Waals surface area contributed by atoms with Gasteiger partial charge in [-0.05, 0) is 24.6 Å². The van der Waals surface area contributed by atoms with Crippen molar-refractivity contribution in [3.63, 3.8) is 0 Å². The molecule has 0 spiro atoms. The second-order valence-corrected chi connectivity index (χ2v) is 4.04. The van der Waals surface area contributed by atoms with Crippen molar-refractivity contribution in [1.82, 2.24) is 4.90 Å². The number of ether oxygens (including phenoxy) is 1. The summed E-state index contributed by atoms with van der Waals surface area (Å²) in [4.78, 5) is 13.6. The van der Waals surface area contributed by atoms with Crippen LogP contribution in [0.4, 0.5) is 4.39 Å². The highest BCUT2D eigenvalue weighted by Crippen LogP contribution is 2.20. The van der Waals surface area contributed by atoms with Gasteiger partial charge in [-0.3, -0.25) is 4.79 Å². The Balaban J connectivity index is 2.19. The minimum absolute atomic E-state index is 0.0515. The van der Waals surface area contributed by atoms with Crippen molar-refractivity contribution >= 4 is 5.91 Å². The van der Waals surface area contributed by atoms with Gasteiger partial charge in [0.2, 0.25) is 0 Å². The number of aliphatic hydroxyl groups excluding tert-OH is 1. The van der Waals surface area contributed by atoms with Gasteiger partial charge in [0.05, 0.1) is 13.2 Å². The van der Waals surface area contributed by atoms with Crippen LogP contribution in [-0.2, 0) is 0 Å². The summed E-state index contributed by atoms with van der Waals surface area (Å²) in [7, 11) is 1.35. The number of carbonyl (C=O) groups is 1. The molecule has 0 aliphatic carbocycles. The number of rotatable bonds is 2. The van der Waals surface area contributed by atoms with Crippen molar-refractivity contribution in [3.8, 4) is 5.75 Å². The van der Waals surface area contributed by atoms with Crippen LogP contribution in [0.25, 0.3) is 0 Å². The number of carbonyl (C=O) groups excluding carboxylic acids is 1. The number of nitrogens with zero attached hydrogens (tertiary/aromatic N) is 1. The molecule has 1 amide bonds. The number of benzene rings is 1. The summed E-state index contributed by atoms with van der Waals surface area (Å²) in [5.74, 6) is -0.652. The number of β-amino-alcohol motifs (C(OH)–C–C–N with tert-alkyl or cyclic N) is 1. The van der Waals surface area contributed by atoms with Gasteiger partial charge < -0.3 is 14.7 Å². The third-order valence-electron chi connectivity index (χ3n) is 2.85. The molecule has 1 fully saturated rings. The van der Waals surface area contributed by atoms with Crippen LogP contribution < -0.4 is 4.74 Å². The van der Waals surface area contributed by atoms with E-state index in [1.807, 2.05) is 0 Å². The van der Waals surface area contributed by atoms with Crippen LogP contribution in [0, 0.1) is 5.82 Å². The summed E-state index contributed by atoms with van der Waals surface area (Å²) in [5.41, 5.74) is 0.373. The number of hydrogen-bond acceptors (Lipinski definition) is 3. The molecule has 0 bridgehead atoms. The third-order valence-corrected chi connectivity index (χ3v) is 2.85. The van der Waals surface area contributed by atoms with E-state index in [1.165, 1.54) is 25.3 Å². The van der Waals surface area contributed by atoms with Crippen molar-refractivity contribution in [2.45, 2.75) is 12.5 Å². The van der Waals surface area contributed by atoms with Crippen molar-refractivity contribution in [1.29, 1.82) is 0 Å². The quantitative estimate of drug-likeness (QED) is 0.839. The Bertz CT molecular complexity index is 436. The van der Waals surface area contributed by atoms with Crippen LogP contribution in [-0.4, -0.2) is 42.2 Å². The van der Waals surface area contributed by atoms with Crippen LogP contribution in [0.1, 0.15) is 16.8 Å². The van der Waals surface area contributed by atoms with E-state index in [-0.39, 0.29) is 11.7 Å². The zero-order valence-electron chi connectivity index (χ0n) is 9.52. The minimum Gasteiger partial charge on any atom is -0.494 e. The molecule has 1 aromatic carbocycles. The number of hydrogen-bond donors (Lipinski definition) is 1. The van der Waals surface area contributed by atoms with Crippen LogP contribution in [0.2, 0.25) is 0 Å². The van der Waals surface area contributed by atoms with Crippen molar-refractivity contribution < 1.29 is 19.0 Å². The SMILES string of the molecule is COc1cc(C(=O)N2CC[C@@H](O)C2)ccc1F. The molecule has 1 N–H and O–H groups in total. The van der Waals surface area contributed by atoms with Gasteiger partial charge >= 0.3 is 0 Å². The molecule has 1 heterocycles. The van der Waals surface area contributed by atoms with Crippen molar-refractivity contribution in [2.75, 3.05) is 20.2 Å². The molecule has 0 saturated carbocycles. The lowest BCUT2D eigenvalue weighted by Gasteiger charge is -2.16. The average molecular weight is 239 g/mol. The van der Waals surface area contributed by atoms with Gasteiger partial charge in [-0.25, -0.2) is 4.39 Å². The first-order valence-electron chi connectivity index (χ1n) is 5.42. The van der Waals surface area contributed by atoms with Gasteiger partial charge in [-0.2, -0.15) is 0 Å². The summed E-state index contributed by atoms with van der Waals surface area (Å²) in [6.07, 6.45) is 0.130. The van der Waals surface area contributed by atoms with E-state index in [0.29, 0.717) is 25.1 Å². The summed E-state index contributed by atoms with van der Waals surface area (Å²) >= 11 is 0. The molecule has 1 aliphatic heterocycles. The first kappa shape index (κ1) is 11.9. The van der Waals surface area contributed by atoms with Crippen molar-refractivity contribution in [3.05, 3.63) is 29.6 Å². The predicted octanol–water partition coefficient (Wildman–Crippen LogP) is 1.04. The maximum Gasteiger partial charge on any atom is 0.254 e. The zero-order valence-corrected chi connectivity index (χ0v) is 9.52. The molecule has 1 aliphatic rings. The second kappa shape index (κ2) is 4.71. The molecule has 92 valence electrons. The molecule has 4 nitrogen and oxygen atoms in total. The standard InChI is InChI=1S/C12H14FNO3/c1-17-11-6-8(2-3-10(11)13)12(16)14-5-4-9(15)7-14/h2-3,6,9,15H,4-5,7H2,1H3/t9-/m1/s1. The lowest BCUT2D eigenvalue weighted by Crippen LogP contribution is -2.29. The molecular weight excluding hydrogens is 225 g/mol. The van der Waals surface area contributed by atoms with Gasteiger partial charge in [0.15, 0.2) is 11.6 Å². The van der Waals surface area contributed by atoms with Gasteiger partial charge in [-0.15, -0.1) is 0 Å². The second-order valence-electron chi connectivity index (χ2n) is 4.04. The van der Waals surface area contributed by atoms with Gasteiger partial charge in [0.1, 0.15) is 0 Å². The molecule has 5 heteroatoms. The van der Waals surface area contributed by atoms with Crippen molar-refractivity contribution in [2.24, 2.45) is 0 Å². The number of halogens is 1.